The number of hydrogen-bond donors (Lipinski definition) is 2. The molecule has 0 radical (unpaired) electrons. The number of carbonyl (C=O) groups is 1. The predicted molar refractivity (Wildman–Crippen MR) is 76.6 cm³/mol. The van der Waals surface area contributed by atoms with Gasteiger partial charge in [-0.25, -0.2) is 5.84 Å². The Morgan fingerprint density at radius 3 is 2.78 bits per heavy atom. The van der Waals surface area contributed by atoms with Crippen LogP contribution in [-0.4, -0.2) is 23.9 Å². The van der Waals surface area contributed by atoms with Gasteiger partial charge in [-0.05, 0) is 38.1 Å². The highest BCUT2D eigenvalue weighted by molar-refractivity contribution is 7.14. The van der Waals surface area contributed by atoms with E-state index in [1.54, 1.807) is 0 Å². The van der Waals surface area contributed by atoms with Crippen LogP contribution in [0.5, 0.6) is 0 Å². The summed E-state index contributed by atoms with van der Waals surface area (Å²) in [4.78, 5) is 15.8. The highest BCUT2D eigenvalue weighted by Gasteiger charge is 2.13. The van der Waals surface area contributed by atoms with Crippen LogP contribution >= 0.6 is 11.3 Å². The summed E-state index contributed by atoms with van der Waals surface area (Å²) >= 11 is 1.50. The van der Waals surface area contributed by atoms with Gasteiger partial charge in [-0.15, -0.1) is 11.3 Å². The van der Waals surface area contributed by atoms with Crippen LogP contribution in [0.15, 0.2) is 6.07 Å². The van der Waals surface area contributed by atoms with Gasteiger partial charge in [0, 0.05) is 11.4 Å². The van der Waals surface area contributed by atoms with E-state index in [1.165, 1.54) is 34.6 Å². The Bertz CT molecular complexity index is 390. The average molecular weight is 269 g/mol. The van der Waals surface area contributed by atoms with Crippen LogP contribution < -0.4 is 11.3 Å². The van der Waals surface area contributed by atoms with E-state index in [0.29, 0.717) is 4.88 Å². The standard InChI is InChI=1S/C13H23N3OS/c1-4-6-7-16(5-2)9-11-8-12(13(17)15-14)18-10(11)3/h8H,4-7,9,14H2,1-3H3,(H,15,17). The van der Waals surface area contributed by atoms with Crippen LogP contribution in [0.1, 0.15) is 46.8 Å². The van der Waals surface area contributed by atoms with Crippen LogP contribution in [-0.2, 0) is 6.54 Å². The lowest BCUT2D eigenvalue weighted by Gasteiger charge is -2.19. The van der Waals surface area contributed by atoms with Crippen molar-refractivity contribution in [3.63, 3.8) is 0 Å². The number of nitrogens with zero attached hydrogens (tertiary/aromatic N) is 1. The second kappa shape index (κ2) is 7.51. The topological polar surface area (TPSA) is 58.4 Å². The quantitative estimate of drug-likeness (QED) is 0.453. The Morgan fingerprint density at radius 2 is 2.22 bits per heavy atom. The predicted octanol–water partition coefficient (Wildman–Crippen LogP) is 2.28. The number of carbonyl (C=O) groups excluding carboxylic acids is 1. The van der Waals surface area contributed by atoms with Gasteiger partial charge in [0.2, 0.25) is 0 Å². The van der Waals surface area contributed by atoms with Gasteiger partial charge in [0.15, 0.2) is 0 Å². The molecule has 0 unspecified atom stereocenters. The van der Waals surface area contributed by atoms with Gasteiger partial charge in [-0.1, -0.05) is 20.3 Å². The van der Waals surface area contributed by atoms with Gasteiger partial charge >= 0.3 is 0 Å². The minimum atomic E-state index is -0.203. The molecule has 0 aromatic carbocycles. The van der Waals surface area contributed by atoms with E-state index >= 15 is 0 Å². The van der Waals surface area contributed by atoms with Crippen molar-refractivity contribution < 1.29 is 4.79 Å². The lowest BCUT2D eigenvalue weighted by atomic mass is 10.2. The first-order valence-electron chi connectivity index (χ1n) is 6.44. The van der Waals surface area contributed by atoms with Crippen molar-refractivity contribution in [3.05, 3.63) is 21.4 Å². The van der Waals surface area contributed by atoms with Gasteiger partial charge in [0.25, 0.3) is 5.91 Å². The molecule has 1 aromatic rings. The molecule has 0 atom stereocenters. The number of hydrazine groups is 1. The SMILES string of the molecule is CCCCN(CC)Cc1cc(C(=O)NN)sc1C. The molecule has 0 aliphatic heterocycles. The van der Waals surface area contributed by atoms with Crippen molar-refractivity contribution in [1.82, 2.24) is 10.3 Å². The molecule has 4 nitrogen and oxygen atoms in total. The van der Waals surface area contributed by atoms with Gasteiger partial charge in [-0.3, -0.25) is 15.1 Å². The van der Waals surface area contributed by atoms with Crippen LogP contribution in [0.25, 0.3) is 0 Å². The number of nitrogens with two attached hydrogens (primary N) is 1. The van der Waals surface area contributed by atoms with Crippen LogP contribution in [0.2, 0.25) is 0 Å². The second-order valence-corrected chi connectivity index (χ2v) is 5.64. The molecule has 0 fully saturated rings. The Morgan fingerprint density at radius 1 is 1.50 bits per heavy atom. The van der Waals surface area contributed by atoms with E-state index in [1.807, 2.05) is 6.07 Å². The molecule has 0 saturated carbocycles. The molecule has 5 heteroatoms. The number of rotatable bonds is 7. The Hall–Kier alpha value is -0.910. The van der Waals surface area contributed by atoms with Crippen molar-refractivity contribution >= 4 is 17.2 Å². The summed E-state index contributed by atoms with van der Waals surface area (Å²) in [6.07, 6.45) is 2.42. The molecule has 0 saturated heterocycles. The molecule has 0 bridgehead atoms. The molecular weight excluding hydrogens is 246 g/mol. The Kier molecular flexibility index (Phi) is 6.32. The molecule has 3 N–H and O–H groups in total. The third-order valence-electron chi connectivity index (χ3n) is 3.04. The monoisotopic (exact) mass is 269 g/mol. The van der Waals surface area contributed by atoms with E-state index in [0.717, 1.165) is 19.6 Å². The largest absolute Gasteiger partial charge is 0.299 e. The minimum Gasteiger partial charge on any atom is -0.299 e. The van der Waals surface area contributed by atoms with E-state index in [-0.39, 0.29) is 5.91 Å². The summed E-state index contributed by atoms with van der Waals surface area (Å²) in [7, 11) is 0. The number of thiophene rings is 1. The number of aryl methyl sites for hydroxylation is 1. The summed E-state index contributed by atoms with van der Waals surface area (Å²) < 4.78 is 0. The molecular formula is C13H23N3OS. The summed E-state index contributed by atoms with van der Waals surface area (Å²) in [5.74, 6) is 4.95. The van der Waals surface area contributed by atoms with E-state index in [9.17, 15) is 4.79 Å². The molecule has 0 aliphatic carbocycles. The van der Waals surface area contributed by atoms with Gasteiger partial charge < -0.3 is 0 Å². The van der Waals surface area contributed by atoms with Crippen LogP contribution in [0.3, 0.4) is 0 Å². The number of nitrogens with one attached hydrogen (secondary N) is 1. The summed E-state index contributed by atoms with van der Waals surface area (Å²) in [6, 6.07) is 1.96. The number of unbranched alkanes of at least 4 members (excludes halogenated alkanes) is 1. The molecule has 0 spiro atoms. The number of hydrogen-bond acceptors (Lipinski definition) is 4. The van der Waals surface area contributed by atoms with E-state index in [2.05, 4.69) is 31.1 Å². The first kappa shape index (κ1) is 15.1. The fraction of sp³-hybridized carbons (Fsp3) is 0.615. The first-order chi connectivity index (χ1) is 8.62. The summed E-state index contributed by atoms with van der Waals surface area (Å²) in [5.41, 5.74) is 3.41. The zero-order chi connectivity index (χ0) is 13.5. The summed E-state index contributed by atoms with van der Waals surface area (Å²) in [5, 5.41) is 0. The lowest BCUT2D eigenvalue weighted by Crippen LogP contribution is -2.29. The summed E-state index contributed by atoms with van der Waals surface area (Å²) in [6.45, 7) is 9.49. The third-order valence-corrected chi connectivity index (χ3v) is 4.14. The van der Waals surface area contributed by atoms with Gasteiger partial charge in [0.05, 0.1) is 4.88 Å². The molecule has 0 aliphatic rings. The molecule has 1 rings (SSSR count). The average Bonchev–Trinajstić information content (AvgIpc) is 2.74. The third kappa shape index (κ3) is 4.08. The van der Waals surface area contributed by atoms with Crippen molar-refractivity contribution in [2.24, 2.45) is 5.84 Å². The maximum absolute atomic E-state index is 11.5. The van der Waals surface area contributed by atoms with Crippen LogP contribution in [0, 0.1) is 6.92 Å². The van der Waals surface area contributed by atoms with E-state index in [4.69, 9.17) is 5.84 Å². The van der Waals surface area contributed by atoms with Crippen molar-refractivity contribution in [3.8, 4) is 0 Å². The second-order valence-electron chi connectivity index (χ2n) is 4.39. The highest BCUT2D eigenvalue weighted by atomic mass is 32.1. The Labute approximate surface area is 113 Å². The normalized spacial score (nSPS) is 10.9. The van der Waals surface area contributed by atoms with Crippen LogP contribution in [0.4, 0.5) is 0 Å². The first-order valence-corrected chi connectivity index (χ1v) is 7.26. The molecule has 1 heterocycles. The highest BCUT2D eigenvalue weighted by Crippen LogP contribution is 2.23. The zero-order valence-electron chi connectivity index (χ0n) is 11.5. The smallest absolute Gasteiger partial charge is 0.275 e. The molecule has 102 valence electrons. The molecule has 1 amide bonds. The molecule has 18 heavy (non-hydrogen) atoms. The maximum atomic E-state index is 11.5. The Balaban J connectivity index is 2.70. The van der Waals surface area contributed by atoms with E-state index < -0.39 is 0 Å². The van der Waals surface area contributed by atoms with Crippen molar-refractivity contribution in [2.45, 2.75) is 40.2 Å². The van der Waals surface area contributed by atoms with Crippen molar-refractivity contribution in [2.75, 3.05) is 13.1 Å². The number of amides is 1. The maximum Gasteiger partial charge on any atom is 0.275 e. The fourth-order valence-electron chi connectivity index (χ4n) is 1.83. The minimum absolute atomic E-state index is 0.203. The molecule has 1 aromatic heterocycles. The fourth-order valence-corrected chi connectivity index (χ4v) is 2.77. The zero-order valence-corrected chi connectivity index (χ0v) is 12.3. The van der Waals surface area contributed by atoms with Gasteiger partial charge in [0.1, 0.15) is 0 Å². The van der Waals surface area contributed by atoms with Crippen molar-refractivity contribution in [1.29, 1.82) is 0 Å². The number of nitrogen functional groups attached to an aromatic ring is 1. The van der Waals surface area contributed by atoms with Gasteiger partial charge in [-0.2, -0.15) is 0 Å². The lowest BCUT2D eigenvalue weighted by molar-refractivity contribution is 0.0957.